The molecule has 0 bridgehead atoms. The minimum Gasteiger partial charge on any atom is -0.481 e. The van der Waals surface area contributed by atoms with E-state index in [0.717, 1.165) is 31.2 Å². The number of anilines is 1. The number of sulfonamides is 1. The number of thiazole rings is 1. The predicted octanol–water partition coefficient (Wildman–Crippen LogP) is 3.83. The van der Waals surface area contributed by atoms with Gasteiger partial charge in [0.05, 0.1) is 17.9 Å². The minimum absolute atomic E-state index is 0.149. The van der Waals surface area contributed by atoms with Gasteiger partial charge in [-0.3, -0.25) is 14.9 Å². The van der Waals surface area contributed by atoms with Crippen LogP contribution in [-0.2, 0) is 19.6 Å². The first kappa shape index (κ1) is 29.4. The van der Waals surface area contributed by atoms with Crippen LogP contribution < -0.4 is 15.4 Å². The summed E-state index contributed by atoms with van der Waals surface area (Å²) < 4.78 is 32.9. The maximum Gasteiger partial charge on any atom is 0.320 e. The molecule has 1 saturated heterocycles. The molecular formula is C28H35N5O6S2. The fourth-order valence-corrected chi connectivity index (χ4v) is 7.91. The van der Waals surface area contributed by atoms with Crippen molar-refractivity contribution in [3.8, 4) is 5.88 Å². The number of hydrogen-bond acceptors (Lipinski definition) is 9. The smallest absolute Gasteiger partial charge is 0.320 e. The topological polar surface area (TPSA) is 151 Å². The highest BCUT2D eigenvalue weighted by molar-refractivity contribution is 7.89. The van der Waals surface area contributed by atoms with Gasteiger partial charge in [-0.1, -0.05) is 56.1 Å². The van der Waals surface area contributed by atoms with E-state index in [9.17, 15) is 23.1 Å². The lowest BCUT2D eigenvalue weighted by molar-refractivity contribution is -0.140. The first-order valence-electron chi connectivity index (χ1n) is 13.9. The van der Waals surface area contributed by atoms with Crippen molar-refractivity contribution in [3.05, 3.63) is 42.0 Å². The number of pyridine rings is 1. The standard InChI is InChI=1S/C28H35N5O6S2/c1-3-22(27(35)36)29-19-15-33(16-19)41(37,38)20-10-8-18(9-11-20)21(14-17-6-4-5-7-17)25(34)32-28-30-23-12-13-24(39-2)31-26(23)40-28/h8-13,17,19,21-22,29H,3-7,14-16H2,1-2H3,(H,35,36)(H,30,32,34). The molecule has 0 spiro atoms. The number of rotatable bonds is 12. The molecule has 5 rings (SSSR count). The number of carbonyl (C=O) groups excluding carboxylic acids is 1. The molecule has 41 heavy (non-hydrogen) atoms. The summed E-state index contributed by atoms with van der Waals surface area (Å²) in [4.78, 5) is 34.6. The Morgan fingerprint density at radius 2 is 1.83 bits per heavy atom. The number of aromatic nitrogens is 2. The van der Waals surface area contributed by atoms with Crippen molar-refractivity contribution in [1.82, 2.24) is 19.6 Å². The molecule has 1 amide bonds. The second kappa shape index (κ2) is 12.4. The molecule has 2 unspecified atom stereocenters. The van der Waals surface area contributed by atoms with Crippen LogP contribution in [-0.4, -0.2) is 72.0 Å². The Kier molecular flexibility index (Phi) is 8.88. The molecule has 3 aromatic rings. The molecular weight excluding hydrogens is 566 g/mol. The number of methoxy groups -OCH3 is 1. The first-order valence-corrected chi connectivity index (χ1v) is 16.1. The Labute approximate surface area is 243 Å². The van der Waals surface area contributed by atoms with E-state index in [0.29, 0.717) is 40.1 Å². The van der Waals surface area contributed by atoms with Crippen LogP contribution in [0.2, 0.25) is 0 Å². The molecule has 2 atom stereocenters. The monoisotopic (exact) mass is 601 g/mol. The van der Waals surface area contributed by atoms with Gasteiger partial charge in [-0.05, 0) is 42.5 Å². The van der Waals surface area contributed by atoms with Gasteiger partial charge in [0.2, 0.25) is 21.8 Å². The summed E-state index contributed by atoms with van der Waals surface area (Å²) >= 11 is 1.28. The molecule has 2 aliphatic rings. The van der Waals surface area contributed by atoms with Gasteiger partial charge in [0.15, 0.2) is 5.13 Å². The van der Waals surface area contributed by atoms with E-state index in [-0.39, 0.29) is 29.9 Å². The Hall–Kier alpha value is -3.13. The highest BCUT2D eigenvalue weighted by Crippen LogP contribution is 2.36. The van der Waals surface area contributed by atoms with Crippen molar-refractivity contribution in [3.63, 3.8) is 0 Å². The molecule has 1 aliphatic heterocycles. The van der Waals surface area contributed by atoms with Crippen LogP contribution in [0.25, 0.3) is 10.3 Å². The number of hydrogen-bond donors (Lipinski definition) is 3. The summed E-state index contributed by atoms with van der Waals surface area (Å²) in [6.07, 6.45) is 5.55. The number of aliphatic carboxylic acids is 1. The Bertz CT molecular complexity index is 1500. The van der Waals surface area contributed by atoms with Crippen molar-refractivity contribution in [2.24, 2.45) is 5.92 Å². The van der Waals surface area contributed by atoms with Gasteiger partial charge in [0.1, 0.15) is 16.4 Å². The molecule has 2 fully saturated rings. The van der Waals surface area contributed by atoms with Gasteiger partial charge in [0, 0.05) is 25.2 Å². The third-order valence-corrected chi connectivity index (χ3v) is 10.7. The van der Waals surface area contributed by atoms with Crippen molar-refractivity contribution >= 4 is 48.7 Å². The van der Waals surface area contributed by atoms with Crippen molar-refractivity contribution in [2.75, 3.05) is 25.5 Å². The van der Waals surface area contributed by atoms with Crippen LogP contribution in [0.1, 0.15) is 56.9 Å². The maximum absolute atomic E-state index is 13.6. The summed E-state index contributed by atoms with van der Waals surface area (Å²) in [6, 6.07) is 9.18. The Morgan fingerprint density at radius 1 is 1.12 bits per heavy atom. The highest BCUT2D eigenvalue weighted by atomic mass is 32.2. The number of benzene rings is 1. The molecule has 11 nitrogen and oxygen atoms in total. The second-order valence-corrected chi connectivity index (χ2v) is 13.6. The van der Waals surface area contributed by atoms with E-state index in [1.54, 1.807) is 50.4 Å². The van der Waals surface area contributed by atoms with Crippen molar-refractivity contribution in [2.45, 2.75) is 68.3 Å². The van der Waals surface area contributed by atoms with Crippen molar-refractivity contribution in [1.29, 1.82) is 0 Å². The Morgan fingerprint density at radius 3 is 2.46 bits per heavy atom. The van der Waals surface area contributed by atoms with Gasteiger partial charge >= 0.3 is 5.97 Å². The minimum atomic E-state index is -3.73. The lowest BCUT2D eigenvalue weighted by atomic mass is 9.87. The van der Waals surface area contributed by atoms with Gasteiger partial charge in [-0.25, -0.2) is 18.4 Å². The molecule has 220 valence electrons. The van der Waals surface area contributed by atoms with Gasteiger partial charge in [0.25, 0.3) is 0 Å². The number of fused-ring (bicyclic) bond motifs is 1. The third kappa shape index (κ3) is 6.53. The average molecular weight is 602 g/mol. The maximum atomic E-state index is 13.6. The average Bonchev–Trinajstić information content (AvgIpc) is 3.59. The number of amides is 1. The summed E-state index contributed by atoms with van der Waals surface area (Å²) in [6.45, 7) is 2.20. The van der Waals surface area contributed by atoms with Crippen LogP contribution in [0.5, 0.6) is 5.88 Å². The lowest BCUT2D eigenvalue weighted by Gasteiger charge is -2.39. The molecule has 0 radical (unpaired) electrons. The number of nitrogens with one attached hydrogen (secondary N) is 2. The summed E-state index contributed by atoms with van der Waals surface area (Å²) in [5.74, 6) is -0.675. The normalized spacial score (nSPS) is 18.2. The highest BCUT2D eigenvalue weighted by Gasteiger charge is 2.38. The van der Waals surface area contributed by atoms with E-state index >= 15 is 0 Å². The predicted molar refractivity (Wildman–Crippen MR) is 156 cm³/mol. The molecule has 2 aromatic heterocycles. The number of carboxylic acid groups (broad SMARTS) is 1. The fraction of sp³-hybridized carbons (Fsp3) is 0.500. The zero-order valence-electron chi connectivity index (χ0n) is 23.1. The van der Waals surface area contributed by atoms with E-state index in [1.165, 1.54) is 15.6 Å². The number of nitrogens with zero attached hydrogens (tertiary/aromatic N) is 3. The summed E-state index contributed by atoms with van der Waals surface area (Å²) in [7, 11) is -2.19. The molecule has 3 heterocycles. The van der Waals surface area contributed by atoms with E-state index in [1.807, 2.05) is 0 Å². The van der Waals surface area contributed by atoms with Gasteiger partial charge < -0.3 is 15.2 Å². The second-order valence-electron chi connectivity index (χ2n) is 10.7. The first-order chi connectivity index (χ1) is 19.7. The zero-order chi connectivity index (χ0) is 29.1. The third-order valence-electron chi connectivity index (χ3n) is 7.94. The number of ether oxygens (including phenoxy) is 1. The molecule has 1 saturated carbocycles. The number of carboxylic acids is 1. The molecule has 13 heteroatoms. The van der Waals surface area contributed by atoms with Crippen LogP contribution >= 0.6 is 11.3 Å². The van der Waals surface area contributed by atoms with Crippen molar-refractivity contribution < 1.29 is 27.9 Å². The van der Waals surface area contributed by atoms with Gasteiger partial charge in [-0.15, -0.1) is 0 Å². The van der Waals surface area contributed by atoms with E-state index in [4.69, 9.17) is 4.74 Å². The van der Waals surface area contributed by atoms with Crippen LogP contribution in [0, 0.1) is 5.92 Å². The van der Waals surface area contributed by atoms with Crippen LogP contribution in [0.3, 0.4) is 0 Å². The lowest BCUT2D eigenvalue weighted by Crippen LogP contribution is -2.62. The quantitative estimate of drug-likeness (QED) is 0.281. The zero-order valence-corrected chi connectivity index (χ0v) is 24.7. The van der Waals surface area contributed by atoms with Crippen LogP contribution in [0.4, 0.5) is 5.13 Å². The molecule has 3 N–H and O–H groups in total. The SMILES string of the molecule is CCC(NC1CN(S(=O)(=O)c2ccc(C(CC3CCCC3)C(=O)Nc3nc4ccc(OC)nc4s3)cc2)C1)C(=O)O. The van der Waals surface area contributed by atoms with Crippen LogP contribution in [0.15, 0.2) is 41.3 Å². The fourth-order valence-electron chi connectivity index (χ4n) is 5.54. The molecule has 1 aromatic carbocycles. The molecule has 1 aliphatic carbocycles. The van der Waals surface area contributed by atoms with E-state index < -0.39 is 28.0 Å². The summed E-state index contributed by atoms with van der Waals surface area (Å²) in [5.41, 5.74) is 1.43. The van der Waals surface area contributed by atoms with Gasteiger partial charge in [-0.2, -0.15) is 4.31 Å². The summed E-state index contributed by atoms with van der Waals surface area (Å²) in [5, 5.41) is 15.7. The van der Waals surface area contributed by atoms with E-state index in [2.05, 4.69) is 20.6 Å². The Balaban J connectivity index is 1.29. The number of carbonyl (C=O) groups is 2. The largest absolute Gasteiger partial charge is 0.481 e.